The van der Waals surface area contributed by atoms with E-state index >= 15 is 0 Å². The highest BCUT2D eigenvalue weighted by Crippen LogP contribution is 2.21. The number of aromatic amines is 1. The van der Waals surface area contributed by atoms with Gasteiger partial charge in [-0.3, -0.25) is 14.9 Å². The third-order valence-electron chi connectivity index (χ3n) is 2.71. The van der Waals surface area contributed by atoms with Crippen LogP contribution in [0.4, 0.5) is 5.69 Å². The fraction of sp³-hybridized carbons (Fsp3) is 0. The monoisotopic (exact) mass is 286 g/mol. The van der Waals surface area contributed by atoms with E-state index in [9.17, 15) is 19.7 Å². The van der Waals surface area contributed by atoms with Crippen molar-refractivity contribution in [2.75, 3.05) is 0 Å². The molecule has 0 saturated carbocycles. The minimum Gasteiger partial charge on any atom is -0.478 e. The Balaban J connectivity index is 2.41. The maximum Gasteiger partial charge on any atom is 0.328 e. The van der Waals surface area contributed by atoms with Crippen molar-refractivity contribution < 1.29 is 14.8 Å². The molecule has 21 heavy (non-hydrogen) atoms. The molecule has 0 unspecified atom stereocenters. The van der Waals surface area contributed by atoms with Crippen LogP contribution in [0.5, 0.6) is 0 Å². The summed E-state index contributed by atoms with van der Waals surface area (Å²) in [4.78, 5) is 35.0. The molecule has 2 N–H and O–H groups in total. The van der Waals surface area contributed by atoms with Crippen LogP contribution in [0.2, 0.25) is 0 Å². The van der Waals surface area contributed by atoms with Gasteiger partial charge in [0.25, 0.3) is 11.2 Å². The maximum absolute atomic E-state index is 11.8. The van der Waals surface area contributed by atoms with Crippen molar-refractivity contribution in [2.45, 2.75) is 0 Å². The highest BCUT2D eigenvalue weighted by atomic mass is 16.6. The smallest absolute Gasteiger partial charge is 0.328 e. The lowest BCUT2D eigenvalue weighted by molar-refractivity contribution is -0.384. The van der Waals surface area contributed by atoms with Crippen LogP contribution in [0.3, 0.4) is 0 Å². The molecule has 7 heteroatoms. The molecule has 7 nitrogen and oxygen atoms in total. The summed E-state index contributed by atoms with van der Waals surface area (Å²) in [5, 5.41) is 19.2. The number of carboxylic acids is 1. The predicted octanol–water partition coefficient (Wildman–Crippen LogP) is 2.05. The lowest BCUT2D eigenvalue weighted by Gasteiger charge is -2.02. The minimum absolute atomic E-state index is 0.0804. The average molecular weight is 286 g/mol. The largest absolute Gasteiger partial charge is 0.478 e. The van der Waals surface area contributed by atoms with Crippen molar-refractivity contribution in [1.82, 2.24) is 4.98 Å². The van der Waals surface area contributed by atoms with Crippen molar-refractivity contribution in [3.63, 3.8) is 0 Å². The van der Waals surface area contributed by atoms with Crippen LogP contribution >= 0.6 is 0 Å². The molecule has 0 aliphatic rings. The number of hydrogen-bond donors (Lipinski definition) is 2. The van der Waals surface area contributed by atoms with Crippen molar-refractivity contribution >= 4 is 17.7 Å². The molecule has 0 spiro atoms. The van der Waals surface area contributed by atoms with Crippen LogP contribution in [-0.4, -0.2) is 21.0 Å². The Morgan fingerprint density at radius 2 is 2.05 bits per heavy atom. The molecule has 2 aromatic rings. The van der Waals surface area contributed by atoms with Gasteiger partial charge in [-0.1, -0.05) is 12.1 Å². The Morgan fingerprint density at radius 1 is 1.29 bits per heavy atom. The van der Waals surface area contributed by atoms with Gasteiger partial charge in [-0.15, -0.1) is 0 Å². The van der Waals surface area contributed by atoms with Gasteiger partial charge in [-0.25, -0.2) is 4.79 Å². The van der Waals surface area contributed by atoms with E-state index in [1.807, 2.05) is 0 Å². The van der Waals surface area contributed by atoms with E-state index in [-0.39, 0.29) is 11.3 Å². The molecule has 0 aliphatic carbocycles. The molecule has 0 aliphatic heterocycles. The van der Waals surface area contributed by atoms with Gasteiger partial charge in [0.2, 0.25) is 0 Å². The molecule has 0 radical (unpaired) electrons. The number of H-pyrrole nitrogens is 1. The van der Waals surface area contributed by atoms with E-state index in [2.05, 4.69) is 4.98 Å². The summed E-state index contributed by atoms with van der Waals surface area (Å²) >= 11 is 0. The topological polar surface area (TPSA) is 113 Å². The second-order valence-corrected chi connectivity index (χ2v) is 4.14. The molecule has 1 aromatic carbocycles. The van der Waals surface area contributed by atoms with E-state index in [0.717, 1.165) is 6.08 Å². The third kappa shape index (κ3) is 3.41. The summed E-state index contributed by atoms with van der Waals surface area (Å²) in [6, 6.07) is 8.85. The van der Waals surface area contributed by atoms with E-state index in [4.69, 9.17) is 5.11 Å². The maximum atomic E-state index is 11.8. The number of nitrogens with one attached hydrogen (secondary N) is 1. The zero-order chi connectivity index (χ0) is 15.4. The zero-order valence-electron chi connectivity index (χ0n) is 10.6. The van der Waals surface area contributed by atoms with Crippen molar-refractivity contribution in [3.8, 4) is 11.3 Å². The van der Waals surface area contributed by atoms with Gasteiger partial charge in [0, 0.05) is 35.0 Å². The van der Waals surface area contributed by atoms with Crippen LogP contribution in [-0.2, 0) is 4.79 Å². The molecule has 106 valence electrons. The van der Waals surface area contributed by atoms with Gasteiger partial charge in [0.15, 0.2) is 0 Å². The number of benzene rings is 1. The average Bonchev–Trinajstić information content (AvgIpc) is 2.46. The van der Waals surface area contributed by atoms with Crippen LogP contribution in [0.1, 0.15) is 5.56 Å². The first kappa shape index (κ1) is 14.2. The lowest BCUT2D eigenvalue weighted by atomic mass is 10.1. The quantitative estimate of drug-likeness (QED) is 0.507. The molecule has 1 aromatic heterocycles. The SMILES string of the molecule is O=C(O)/C=C/c1ccc(-c2cccc([N+](=O)[O-])c2)[nH]c1=O. The second-order valence-electron chi connectivity index (χ2n) is 4.14. The van der Waals surface area contributed by atoms with Gasteiger partial charge in [-0.05, 0) is 18.2 Å². The number of aliphatic carboxylic acids is 1. The van der Waals surface area contributed by atoms with E-state index in [1.165, 1.54) is 30.3 Å². The van der Waals surface area contributed by atoms with Gasteiger partial charge in [0.1, 0.15) is 0 Å². The molecule has 0 bridgehead atoms. The van der Waals surface area contributed by atoms with Crippen LogP contribution in [0.25, 0.3) is 17.3 Å². The van der Waals surface area contributed by atoms with Crippen molar-refractivity contribution in [1.29, 1.82) is 0 Å². The zero-order valence-corrected chi connectivity index (χ0v) is 10.6. The van der Waals surface area contributed by atoms with E-state index in [0.29, 0.717) is 11.3 Å². The molecular weight excluding hydrogens is 276 g/mol. The number of nitrogens with zero attached hydrogens (tertiary/aromatic N) is 1. The van der Waals surface area contributed by atoms with Gasteiger partial charge < -0.3 is 10.1 Å². The lowest BCUT2D eigenvalue weighted by Crippen LogP contribution is -2.09. The number of aromatic nitrogens is 1. The molecule has 1 heterocycles. The molecule has 2 rings (SSSR count). The highest BCUT2D eigenvalue weighted by molar-refractivity contribution is 5.85. The number of carboxylic acid groups (broad SMARTS) is 1. The summed E-state index contributed by atoms with van der Waals surface area (Å²) in [5.74, 6) is -1.16. The van der Waals surface area contributed by atoms with Gasteiger partial charge in [-0.2, -0.15) is 0 Å². The number of hydrogen-bond acceptors (Lipinski definition) is 4. The number of pyridine rings is 1. The van der Waals surface area contributed by atoms with Gasteiger partial charge >= 0.3 is 5.97 Å². The number of nitro groups is 1. The Kier molecular flexibility index (Phi) is 3.94. The second kappa shape index (κ2) is 5.83. The van der Waals surface area contributed by atoms with Crippen LogP contribution in [0.15, 0.2) is 47.3 Å². The number of nitro benzene ring substituents is 1. The van der Waals surface area contributed by atoms with E-state index in [1.54, 1.807) is 12.1 Å². The fourth-order valence-electron chi connectivity index (χ4n) is 1.73. The Labute approximate surface area is 118 Å². The Morgan fingerprint density at radius 3 is 2.67 bits per heavy atom. The summed E-state index contributed by atoms with van der Waals surface area (Å²) < 4.78 is 0. The van der Waals surface area contributed by atoms with Crippen LogP contribution in [0, 0.1) is 10.1 Å². The number of non-ortho nitro benzene ring substituents is 1. The predicted molar refractivity (Wildman–Crippen MR) is 75.8 cm³/mol. The summed E-state index contributed by atoms with van der Waals surface area (Å²) in [6.07, 6.45) is 2.04. The molecular formula is C14H10N2O5. The fourth-order valence-corrected chi connectivity index (χ4v) is 1.73. The molecule has 0 atom stereocenters. The Bertz CT molecular complexity index is 792. The summed E-state index contributed by atoms with van der Waals surface area (Å²) in [7, 11) is 0. The first-order chi connectivity index (χ1) is 9.97. The molecule has 0 saturated heterocycles. The number of rotatable bonds is 4. The summed E-state index contributed by atoms with van der Waals surface area (Å²) in [6.45, 7) is 0. The van der Waals surface area contributed by atoms with Crippen molar-refractivity contribution in [3.05, 3.63) is 68.5 Å². The normalized spacial score (nSPS) is 10.7. The van der Waals surface area contributed by atoms with Crippen molar-refractivity contribution in [2.24, 2.45) is 0 Å². The first-order valence-corrected chi connectivity index (χ1v) is 5.86. The highest BCUT2D eigenvalue weighted by Gasteiger charge is 2.08. The Hall–Kier alpha value is -3.22. The first-order valence-electron chi connectivity index (χ1n) is 5.86. The van der Waals surface area contributed by atoms with E-state index < -0.39 is 16.5 Å². The van der Waals surface area contributed by atoms with Crippen LogP contribution < -0.4 is 5.56 Å². The molecule has 0 amide bonds. The third-order valence-corrected chi connectivity index (χ3v) is 2.71. The summed E-state index contributed by atoms with van der Waals surface area (Å²) in [5.41, 5.74) is 0.539. The van der Waals surface area contributed by atoms with Gasteiger partial charge in [0.05, 0.1) is 4.92 Å². The standard InChI is InChI=1S/C14H10N2O5/c17-13(18)7-5-9-4-6-12(15-14(9)19)10-2-1-3-11(8-10)16(20)21/h1-8H,(H,15,19)(H,17,18)/b7-5+. The molecule has 0 fully saturated rings. The number of carbonyl (C=O) groups is 1. The minimum atomic E-state index is -1.16.